The number of hydrogen-bond acceptors (Lipinski definition) is 6. The van der Waals surface area contributed by atoms with Crippen LogP contribution in [0.3, 0.4) is 0 Å². The normalized spacial score (nSPS) is 21.4. The van der Waals surface area contributed by atoms with Crippen LogP contribution in [0.2, 0.25) is 0 Å². The fourth-order valence-electron chi connectivity index (χ4n) is 6.48. The number of aryl methyl sites for hydroxylation is 1. The third-order valence-electron chi connectivity index (χ3n) is 8.76. The summed E-state index contributed by atoms with van der Waals surface area (Å²) in [6, 6.07) is 24.3. The summed E-state index contributed by atoms with van der Waals surface area (Å²) in [5.74, 6) is 0.427. The van der Waals surface area contributed by atoms with Crippen LogP contribution in [-0.2, 0) is 26.1 Å². The fraction of sp³-hybridized carbons (Fsp3) is 0.394. The number of sulfonamides is 1. The van der Waals surface area contributed by atoms with Crippen molar-refractivity contribution in [1.82, 2.24) is 18.8 Å². The number of nitrogens with zero attached hydrogens (tertiary/aromatic N) is 4. The zero-order chi connectivity index (χ0) is 30.0. The number of piperidine rings is 1. The molecular weight excluding hydrogens is 562 g/mol. The number of amides is 1. The van der Waals surface area contributed by atoms with Gasteiger partial charge < -0.3 is 19.9 Å². The van der Waals surface area contributed by atoms with E-state index in [1.165, 1.54) is 4.31 Å². The summed E-state index contributed by atoms with van der Waals surface area (Å²) in [5, 5.41) is 0. The zero-order valence-electron chi connectivity index (χ0n) is 24.5. The number of benzene rings is 3. The van der Waals surface area contributed by atoms with Gasteiger partial charge in [0.2, 0.25) is 15.9 Å². The molecule has 1 aromatic heterocycles. The van der Waals surface area contributed by atoms with Crippen LogP contribution in [0.25, 0.3) is 22.2 Å². The minimum absolute atomic E-state index is 0.0728. The number of aromatic nitrogens is 2. The van der Waals surface area contributed by atoms with E-state index in [2.05, 4.69) is 10.6 Å². The first-order chi connectivity index (χ1) is 20.9. The maximum Gasteiger partial charge on any atom is 0.243 e. The van der Waals surface area contributed by atoms with Gasteiger partial charge in [-0.3, -0.25) is 4.79 Å². The molecule has 2 N–H and O–H groups in total. The van der Waals surface area contributed by atoms with E-state index in [1.807, 2.05) is 65.6 Å². The van der Waals surface area contributed by atoms with Gasteiger partial charge in [-0.05, 0) is 54.7 Å². The van der Waals surface area contributed by atoms with Crippen LogP contribution in [0.5, 0.6) is 0 Å². The van der Waals surface area contributed by atoms with Gasteiger partial charge in [-0.25, -0.2) is 13.4 Å². The summed E-state index contributed by atoms with van der Waals surface area (Å²) in [6.07, 6.45) is 2.67. The van der Waals surface area contributed by atoms with E-state index in [4.69, 9.17) is 15.5 Å². The third kappa shape index (κ3) is 5.97. The van der Waals surface area contributed by atoms with Crippen molar-refractivity contribution in [3.05, 3.63) is 84.7 Å². The van der Waals surface area contributed by atoms with Crippen molar-refractivity contribution < 1.29 is 17.9 Å². The number of para-hydroxylation sites is 2. The number of carbonyl (C=O) groups is 1. The second-order valence-corrected chi connectivity index (χ2v) is 13.5. The first kappa shape index (κ1) is 29.5. The molecule has 0 unspecified atom stereocenters. The third-order valence-corrected chi connectivity index (χ3v) is 10.6. The second-order valence-electron chi connectivity index (χ2n) is 11.6. The quantitative estimate of drug-likeness (QED) is 0.290. The molecule has 10 heteroatoms. The molecule has 2 aliphatic heterocycles. The highest BCUT2D eigenvalue weighted by Gasteiger charge is 2.43. The van der Waals surface area contributed by atoms with Gasteiger partial charge in [0, 0.05) is 58.4 Å². The van der Waals surface area contributed by atoms with E-state index in [0.717, 1.165) is 53.8 Å². The van der Waals surface area contributed by atoms with Crippen molar-refractivity contribution >= 4 is 27.0 Å². The SMILES string of the molecule is COCCCn1c([C@@H]2CCCN(C(=O)[C@@H]3CN(S(=O)(=O)c4ccc(-c5ccccc5)cc4)C[C@H]3N)C2)nc2ccccc21. The number of fused-ring (bicyclic) bond motifs is 1. The maximum atomic E-state index is 13.8. The first-order valence-corrected chi connectivity index (χ1v) is 16.4. The lowest BCUT2D eigenvalue weighted by atomic mass is 9.94. The molecule has 4 aromatic rings. The largest absolute Gasteiger partial charge is 0.385 e. The summed E-state index contributed by atoms with van der Waals surface area (Å²) in [5.41, 5.74) is 10.5. The highest BCUT2D eigenvalue weighted by molar-refractivity contribution is 7.89. The number of nitrogens with two attached hydrogens (primary N) is 1. The standard InChI is InChI=1S/C33H39N5O4S/c1-42-20-8-19-38-31-13-6-5-12-30(31)35-32(38)26-11-7-18-36(21-26)33(39)28-22-37(23-29(28)34)43(40,41)27-16-14-25(15-17-27)24-9-3-2-4-10-24/h2-6,9-10,12-17,26,28-29H,7-8,11,18-23,34H2,1H3/t26-,28-,29-/m1/s1. The van der Waals surface area contributed by atoms with Crippen molar-refractivity contribution in [1.29, 1.82) is 0 Å². The van der Waals surface area contributed by atoms with Crippen molar-refractivity contribution in [3.63, 3.8) is 0 Å². The molecule has 2 aliphatic rings. The molecule has 0 bridgehead atoms. The van der Waals surface area contributed by atoms with Gasteiger partial charge in [-0.2, -0.15) is 4.31 Å². The number of methoxy groups -OCH3 is 1. The average Bonchev–Trinajstić information content (AvgIpc) is 3.62. The lowest BCUT2D eigenvalue weighted by molar-refractivity contribution is -0.136. The van der Waals surface area contributed by atoms with E-state index < -0.39 is 22.0 Å². The van der Waals surface area contributed by atoms with E-state index in [-0.39, 0.29) is 29.8 Å². The molecule has 0 aliphatic carbocycles. The first-order valence-electron chi connectivity index (χ1n) is 15.0. The molecule has 6 rings (SSSR count). The Hall–Kier alpha value is -3.57. The van der Waals surface area contributed by atoms with Crippen molar-refractivity contribution in [2.45, 2.75) is 42.7 Å². The Morgan fingerprint density at radius 1 is 0.953 bits per heavy atom. The molecule has 1 amide bonds. The van der Waals surface area contributed by atoms with Crippen molar-refractivity contribution in [2.24, 2.45) is 11.7 Å². The summed E-state index contributed by atoms with van der Waals surface area (Å²) in [4.78, 5) is 20.9. The molecule has 3 atom stereocenters. The second kappa shape index (κ2) is 12.6. The molecule has 226 valence electrons. The number of hydrogen-bond donors (Lipinski definition) is 1. The van der Waals surface area contributed by atoms with Crippen molar-refractivity contribution in [3.8, 4) is 11.1 Å². The van der Waals surface area contributed by atoms with Crippen LogP contribution >= 0.6 is 0 Å². The molecule has 0 radical (unpaired) electrons. The number of imidazole rings is 1. The summed E-state index contributed by atoms with van der Waals surface area (Å²) >= 11 is 0. The van der Waals surface area contributed by atoms with Crippen LogP contribution in [0.4, 0.5) is 0 Å². The van der Waals surface area contributed by atoms with Crippen LogP contribution in [0.1, 0.15) is 31.0 Å². The molecule has 43 heavy (non-hydrogen) atoms. The Labute approximate surface area is 253 Å². The predicted octanol–water partition coefficient (Wildman–Crippen LogP) is 4.09. The molecule has 3 heterocycles. The molecule has 3 aromatic carbocycles. The highest BCUT2D eigenvalue weighted by atomic mass is 32.2. The Balaban J connectivity index is 1.16. The number of likely N-dealkylation sites (tertiary alicyclic amines) is 1. The predicted molar refractivity (Wildman–Crippen MR) is 167 cm³/mol. The van der Waals surface area contributed by atoms with Crippen LogP contribution in [0, 0.1) is 5.92 Å². The van der Waals surface area contributed by atoms with Crippen LogP contribution in [0.15, 0.2) is 83.8 Å². The minimum atomic E-state index is -3.79. The lowest BCUT2D eigenvalue weighted by Crippen LogP contribution is -2.47. The van der Waals surface area contributed by atoms with E-state index >= 15 is 0 Å². The average molecular weight is 602 g/mol. The molecule has 2 saturated heterocycles. The Kier molecular flexibility index (Phi) is 8.63. The van der Waals surface area contributed by atoms with Gasteiger partial charge in [0.25, 0.3) is 0 Å². The van der Waals surface area contributed by atoms with Crippen molar-refractivity contribution in [2.75, 3.05) is 39.9 Å². The Bertz CT molecular complexity index is 1670. The fourth-order valence-corrected chi connectivity index (χ4v) is 7.98. The molecule has 9 nitrogen and oxygen atoms in total. The van der Waals surface area contributed by atoms with Crippen LogP contribution < -0.4 is 5.73 Å². The summed E-state index contributed by atoms with van der Waals surface area (Å²) in [7, 11) is -2.09. The van der Waals surface area contributed by atoms with E-state index in [1.54, 1.807) is 19.2 Å². The van der Waals surface area contributed by atoms with Gasteiger partial charge in [0.1, 0.15) is 5.82 Å². The van der Waals surface area contributed by atoms with Gasteiger partial charge in [-0.15, -0.1) is 0 Å². The van der Waals surface area contributed by atoms with Gasteiger partial charge >= 0.3 is 0 Å². The molecule has 0 saturated carbocycles. The number of carbonyl (C=O) groups excluding carboxylic acids is 1. The highest BCUT2D eigenvalue weighted by Crippen LogP contribution is 2.32. The smallest absolute Gasteiger partial charge is 0.243 e. The minimum Gasteiger partial charge on any atom is -0.385 e. The lowest BCUT2D eigenvalue weighted by Gasteiger charge is -2.35. The molecule has 0 spiro atoms. The number of rotatable bonds is 9. The monoisotopic (exact) mass is 601 g/mol. The van der Waals surface area contributed by atoms with Crippen LogP contribution in [-0.4, -0.2) is 79.0 Å². The van der Waals surface area contributed by atoms with E-state index in [0.29, 0.717) is 19.7 Å². The molecular formula is C33H39N5O4S. The topological polar surface area (TPSA) is 111 Å². The number of ether oxygens (including phenoxy) is 1. The zero-order valence-corrected chi connectivity index (χ0v) is 25.3. The van der Waals surface area contributed by atoms with Gasteiger partial charge in [0.15, 0.2) is 0 Å². The summed E-state index contributed by atoms with van der Waals surface area (Å²) < 4.78 is 36.1. The van der Waals surface area contributed by atoms with E-state index in [9.17, 15) is 13.2 Å². The Morgan fingerprint density at radius 3 is 2.44 bits per heavy atom. The maximum absolute atomic E-state index is 13.8. The van der Waals surface area contributed by atoms with Gasteiger partial charge in [0.05, 0.1) is 21.8 Å². The van der Waals surface area contributed by atoms with Gasteiger partial charge in [-0.1, -0.05) is 54.6 Å². The summed E-state index contributed by atoms with van der Waals surface area (Å²) in [6.45, 7) is 2.84. The molecule has 2 fully saturated rings. The Morgan fingerprint density at radius 2 is 1.67 bits per heavy atom.